The molecule has 5 nitrogen and oxygen atoms in total. The number of furan rings is 1. The molecule has 1 aromatic rings. The number of aliphatic hydroxyl groups is 1. The fourth-order valence-corrected chi connectivity index (χ4v) is 2.19. The molecule has 1 fully saturated rings. The normalized spacial score (nSPS) is 19.9. The van der Waals surface area contributed by atoms with Crippen LogP contribution < -0.4 is 5.73 Å². The van der Waals surface area contributed by atoms with Crippen LogP contribution >= 0.6 is 0 Å². The van der Waals surface area contributed by atoms with Crippen LogP contribution in [0.4, 0.5) is 0 Å². The summed E-state index contributed by atoms with van der Waals surface area (Å²) in [6, 6.07) is 3.40. The van der Waals surface area contributed by atoms with Crippen molar-refractivity contribution in [1.29, 1.82) is 0 Å². The Morgan fingerprint density at radius 3 is 3.06 bits per heavy atom. The Kier molecular flexibility index (Phi) is 3.81. The van der Waals surface area contributed by atoms with Gasteiger partial charge in [-0.2, -0.15) is 0 Å². The zero-order valence-electron chi connectivity index (χ0n) is 9.76. The average Bonchev–Trinajstić information content (AvgIpc) is 2.97. The first-order chi connectivity index (χ1) is 8.24. The second kappa shape index (κ2) is 5.33. The monoisotopic (exact) mass is 238 g/mol. The molecule has 0 spiro atoms. The summed E-state index contributed by atoms with van der Waals surface area (Å²) in [5, 5.41) is 8.87. The van der Waals surface area contributed by atoms with Crippen molar-refractivity contribution in [3.8, 4) is 0 Å². The van der Waals surface area contributed by atoms with Crippen molar-refractivity contribution in [1.82, 2.24) is 4.90 Å². The van der Waals surface area contributed by atoms with E-state index in [0.717, 1.165) is 19.4 Å². The number of carbonyl (C=O) groups is 1. The van der Waals surface area contributed by atoms with Crippen molar-refractivity contribution >= 4 is 5.91 Å². The van der Waals surface area contributed by atoms with Crippen LogP contribution in [-0.4, -0.2) is 35.6 Å². The van der Waals surface area contributed by atoms with Gasteiger partial charge in [-0.3, -0.25) is 4.79 Å². The highest BCUT2D eigenvalue weighted by Crippen LogP contribution is 2.21. The maximum absolute atomic E-state index is 12.1. The number of carbonyl (C=O) groups excluding carboxylic acids is 1. The number of rotatable bonds is 4. The fraction of sp³-hybridized carbons (Fsp3) is 0.583. The van der Waals surface area contributed by atoms with Crippen molar-refractivity contribution in [2.75, 3.05) is 19.7 Å². The van der Waals surface area contributed by atoms with Gasteiger partial charge in [-0.15, -0.1) is 0 Å². The van der Waals surface area contributed by atoms with Gasteiger partial charge in [0, 0.05) is 19.7 Å². The molecule has 0 bridgehead atoms. The molecule has 2 rings (SSSR count). The molecular weight excluding hydrogens is 220 g/mol. The van der Waals surface area contributed by atoms with E-state index in [-0.39, 0.29) is 12.5 Å². The van der Waals surface area contributed by atoms with Gasteiger partial charge in [0.2, 0.25) is 0 Å². The molecule has 1 amide bonds. The summed E-state index contributed by atoms with van der Waals surface area (Å²) >= 11 is 0. The van der Waals surface area contributed by atoms with E-state index in [9.17, 15) is 4.79 Å². The molecule has 1 unspecified atom stereocenters. The van der Waals surface area contributed by atoms with E-state index in [1.807, 2.05) is 0 Å². The SMILES string of the molecule is NCc1ccc(C(=O)N2CCC(CCO)C2)o1. The molecule has 1 aliphatic rings. The molecule has 17 heavy (non-hydrogen) atoms. The summed E-state index contributed by atoms with van der Waals surface area (Å²) in [6.07, 6.45) is 1.72. The van der Waals surface area contributed by atoms with Gasteiger partial charge in [-0.1, -0.05) is 0 Å². The largest absolute Gasteiger partial charge is 0.455 e. The van der Waals surface area contributed by atoms with Crippen LogP contribution in [0.1, 0.15) is 29.2 Å². The summed E-state index contributed by atoms with van der Waals surface area (Å²) in [5.74, 6) is 1.31. The summed E-state index contributed by atoms with van der Waals surface area (Å²) in [5.41, 5.74) is 5.43. The van der Waals surface area contributed by atoms with Crippen LogP contribution in [-0.2, 0) is 6.54 Å². The van der Waals surface area contributed by atoms with Gasteiger partial charge in [-0.05, 0) is 30.9 Å². The highest BCUT2D eigenvalue weighted by atomic mass is 16.4. The van der Waals surface area contributed by atoms with Gasteiger partial charge in [0.05, 0.1) is 6.54 Å². The second-order valence-electron chi connectivity index (χ2n) is 4.39. The number of aliphatic hydroxyl groups excluding tert-OH is 1. The Balaban J connectivity index is 1.96. The predicted molar refractivity (Wildman–Crippen MR) is 62.3 cm³/mol. The van der Waals surface area contributed by atoms with E-state index in [4.69, 9.17) is 15.3 Å². The van der Waals surface area contributed by atoms with Gasteiger partial charge in [-0.25, -0.2) is 0 Å². The molecule has 0 aliphatic carbocycles. The standard InChI is InChI=1S/C12H18N2O3/c13-7-10-1-2-11(17-10)12(16)14-5-3-9(8-14)4-6-15/h1-2,9,15H,3-8,13H2. The van der Waals surface area contributed by atoms with Crippen LogP contribution in [0.15, 0.2) is 16.5 Å². The van der Waals surface area contributed by atoms with Crippen LogP contribution in [0.5, 0.6) is 0 Å². The summed E-state index contributed by atoms with van der Waals surface area (Å²) in [6.45, 7) is 1.94. The zero-order valence-corrected chi connectivity index (χ0v) is 9.76. The highest BCUT2D eigenvalue weighted by molar-refractivity contribution is 5.91. The molecule has 0 saturated carbocycles. The Labute approximate surface area is 100 Å². The molecule has 0 aromatic carbocycles. The maximum Gasteiger partial charge on any atom is 0.289 e. The van der Waals surface area contributed by atoms with E-state index in [2.05, 4.69) is 0 Å². The minimum Gasteiger partial charge on any atom is -0.455 e. The van der Waals surface area contributed by atoms with E-state index < -0.39 is 0 Å². The molecular formula is C12H18N2O3. The lowest BCUT2D eigenvalue weighted by Crippen LogP contribution is -2.28. The Hall–Kier alpha value is -1.33. The lowest BCUT2D eigenvalue weighted by Gasteiger charge is -2.14. The molecule has 0 radical (unpaired) electrons. The van der Waals surface area contributed by atoms with Crippen molar-refractivity contribution < 1.29 is 14.3 Å². The third-order valence-electron chi connectivity index (χ3n) is 3.18. The van der Waals surface area contributed by atoms with Gasteiger partial charge < -0.3 is 20.2 Å². The van der Waals surface area contributed by atoms with Crippen LogP contribution in [0.25, 0.3) is 0 Å². The maximum atomic E-state index is 12.1. The van der Waals surface area contributed by atoms with Crippen LogP contribution in [0.3, 0.4) is 0 Å². The molecule has 5 heteroatoms. The number of nitrogens with two attached hydrogens (primary N) is 1. The van der Waals surface area contributed by atoms with Gasteiger partial charge in [0.15, 0.2) is 5.76 Å². The molecule has 2 heterocycles. The van der Waals surface area contributed by atoms with Crippen molar-refractivity contribution in [3.05, 3.63) is 23.7 Å². The quantitative estimate of drug-likeness (QED) is 0.804. The second-order valence-corrected chi connectivity index (χ2v) is 4.39. The number of amides is 1. The van der Waals surface area contributed by atoms with E-state index >= 15 is 0 Å². The van der Waals surface area contributed by atoms with Crippen molar-refractivity contribution in [2.45, 2.75) is 19.4 Å². The van der Waals surface area contributed by atoms with E-state index in [1.54, 1.807) is 17.0 Å². The van der Waals surface area contributed by atoms with Gasteiger partial charge in [0.25, 0.3) is 5.91 Å². The molecule has 3 N–H and O–H groups in total. The summed E-state index contributed by atoms with van der Waals surface area (Å²) in [7, 11) is 0. The number of likely N-dealkylation sites (tertiary alicyclic amines) is 1. The fourth-order valence-electron chi connectivity index (χ4n) is 2.19. The minimum absolute atomic E-state index is 0.0786. The summed E-state index contributed by atoms with van der Waals surface area (Å²) in [4.78, 5) is 13.8. The Morgan fingerprint density at radius 2 is 2.41 bits per heavy atom. The smallest absolute Gasteiger partial charge is 0.289 e. The van der Waals surface area contributed by atoms with Crippen molar-refractivity contribution in [3.63, 3.8) is 0 Å². The zero-order chi connectivity index (χ0) is 12.3. The van der Waals surface area contributed by atoms with Gasteiger partial charge in [0.1, 0.15) is 5.76 Å². The lowest BCUT2D eigenvalue weighted by molar-refractivity contribution is 0.0751. The molecule has 1 saturated heterocycles. The average molecular weight is 238 g/mol. The van der Waals surface area contributed by atoms with Crippen molar-refractivity contribution in [2.24, 2.45) is 11.7 Å². The molecule has 1 atom stereocenters. The van der Waals surface area contributed by atoms with Crippen LogP contribution in [0, 0.1) is 5.92 Å². The predicted octanol–water partition coefficient (Wildman–Crippen LogP) is 0.583. The first-order valence-electron chi connectivity index (χ1n) is 5.93. The molecule has 1 aliphatic heterocycles. The Morgan fingerprint density at radius 1 is 1.59 bits per heavy atom. The number of hydrogen-bond donors (Lipinski definition) is 2. The Bertz CT molecular complexity index is 389. The minimum atomic E-state index is -0.0786. The number of hydrogen-bond acceptors (Lipinski definition) is 4. The topological polar surface area (TPSA) is 79.7 Å². The summed E-state index contributed by atoms with van der Waals surface area (Å²) < 4.78 is 5.34. The molecule has 94 valence electrons. The van der Waals surface area contributed by atoms with Gasteiger partial charge >= 0.3 is 0 Å². The first kappa shape index (κ1) is 12.1. The highest BCUT2D eigenvalue weighted by Gasteiger charge is 2.27. The van der Waals surface area contributed by atoms with E-state index in [1.165, 1.54) is 0 Å². The number of nitrogens with zero attached hydrogens (tertiary/aromatic N) is 1. The third kappa shape index (κ3) is 2.68. The van der Waals surface area contributed by atoms with Crippen LogP contribution in [0.2, 0.25) is 0 Å². The first-order valence-corrected chi connectivity index (χ1v) is 5.93. The molecule has 1 aromatic heterocycles. The van der Waals surface area contributed by atoms with E-state index in [0.29, 0.717) is 30.5 Å². The lowest BCUT2D eigenvalue weighted by atomic mass is 10.1. The third-order valence-corrected chi connectivity index (χ3v) is 3.18.